The summed E-state index contributed by atoms with van der Waals surface area (Å²) >= 11 is 7.81. The Bertz CT molecular complexity index is 1030. The van der Waals surface area contributed by atoms with Crippen LogP contribution in [0.1, 0.15) is 24.1 Å². The molecule has 2 aromatic carbocycles. The number of thioether (sulfide) groups is 1. The Balaban J connectivity index is 2.20. The molecule has 0 saturated heterocycles. The lowest BCUT2D eigenvalue weighted by atomic mass is 9.97. The number of rotatable bonds is 4. The molecule has 0 aliphatic carbocycles. The van der Waals surface area contributed by atoms with Crippen LogP contribution in [0, 0.1) is 6.92 Å². The van der Waals surface area contributed by atoms with Gasteiger partial charge in [-0.25, -0.2) is 5.06 Å². The Kier molecular flexibility index (Phi) is 5.32. The Hall–Kier alpha value is -1.95. The van der Waals surface area contributed by atoms with Crippen LogP contribution in [0.3, 0.4) is 0 Å². The maximum Gasteiger partial charge on any atom is 0.259 e. The van der Waals surface area contributed by atoms with E-state index in [0.717, 1.165) is 27.1 Å². The molecule has 0 bridgehead atoms. The predicted octanol–water partition coefficient (Wildman–Crippen LogP) is 5.18. The van der Waals surface area contributed by atoms with Crippen molar-refractivity contribution in [1.29, 1.82) is 0 Å². The largest absolute Gasteiger partial charge is 0.302 e. The van der Waals surface area contributed by atoms with E-state index in [2.05, 4.69) is 0 Å². The predicted molar refractivity (Wildman–Crippen MR) is 110 cm³/mol. The summed E-state index contributed by atoms with van der Waals surface area (Å²) in [6.07, 6.45) is 1.98. The normalized spacial score (nSPS) is 12.4. The maximum absolute atomic E-state index is 12.6. The van der Waals surface area contributed by atoms with E-state index >= 15 is 0 Å². The monoisotopic (exact) mass is 388 g/mol. The molecule has 0 aliphatic rings. The van der Waals surface area contributed by atoms with Crippen LogP contribution < -0.4 is 10.6 Å². The summed E-state index contributed by atoms with van der Waals surface area (Å²) in [6, 6.07) is 13.0. The zero-order chi connectivity index (χ0) is 19.0. The molecule has 0 spiro atoms. The van der Waals surface area contributed by atoms with Crippen LogP contribution >= 0.6 is 23.4 Å². The van der Waals surface area contributed by atoms with Gasteiger partial charge >= 0.3 is 0 Å². The molecule has 6 heteroatoms. The molecule has 1 unspecified atom stereocenters. The van der Waals surface area contributed by atoms with Crippen molar-refractivity contribution in [2.45, 2.75) is 24.8 Å². The summed E-state index contributed by atoms with van der Waals surface area (Å²) in [4.78, 5) is 13.6. The highest BCUT2D eigenvalue weighted by Gasteiger charge is 2.21. The van der Waals surface area contributed by atoms with E-state index in [-0.39, 0.29) is 11.6 Å². The zero-order valence-electron chi connectivity index (χ0n) is 15.2. The maximum atomic E-state index is 12.6. The first-order valence-electron chi connectivity index (χ1n) is 8.26. The van der Waals surface area contributed by atoms with E-state index < -0.39 is 0 Å². The number of fused-ring (bicyclic) bond motifs is 1. The molecule has 0 fully saturated rings. The Morgan fingerprint density at radius 3 is 2.58 bits per heavy atom. The van der Waals surface area contributed by atoms with Gasteiger partial charge in [0.2, 0.25) is 0 Å². The van der Waals surface area contributed by atoms with E-state index in [9.17, 15) is 10.0 Å². The highest BCUT2D eigenvalue weighted by molar-refractivity contribution is 7.98. The average molecular weight is 389 g/mol. The number of halogens is 1. The Labute approximate surface area is 162 Å². The highest BCUT2D eigenvalue weighted by Crippen LogP contribution is 2.35. The minimum atomic E-state index is -0.353. The van der Waals surface area contributed by atoms with E-state index in [0.29, 0.717) is 10.5 Å². The van der Waals surface area contributed by atoms with Crippen LogP contribution in [0.4, 0.5) is 5.69 Å². The molecular weight excluding hydrogens is 368 g/mol. The fraction of sp³-hybridized carbons (Fsp3) is 0.250. The molecule has 0 saturated carbocycles. The molecule has 3 rings (SSSR count). The van der Waals surface area contributed by atoms with Crippen LogP contribution in [-0.4, -0.2) is 16.0 Å². The van der Waals surface area contributed by atoms with Gasteiger partial charge < -0.3 is 4.57 Å². The minimum Gasteiger partial charge on any atom is -0.302 e. The van der Waals surface area contributed by atoms with Crippen LogP contribution in [0.5, 0.6) is 0 Å². The number of nitrogens with zero attached hydrogens (tertiary/aromatic N) is 2. The number of benzene rings is 2. The smallest absolute Gasteiger partial charge is 0.259 e. The second-order valence-electron chi connectivity index (χ2n) is 6.34. The van der Waals surface area contributed by atoms with Crippen molar-refractivity contribution in [2.24, 2.45) is 7.05 Å². The molecule has 1 N–H and O–H groups in total. The lowest BCUT2D eigenvalue weighted by Gasteiger charge is -2.28. The summed E-state index contributed by atoms with van der Waals surface area (Å²) in [5, 5.41) is 13.9. The van der Waals surface area contributed by atoms with Gasteiger partial charge in [-0.3, -0.25) is 10.0 Å². The summed E-state index contributed by atoms with van der Waals surface area (Å²) in [6.45, 7) is 3.86. The Morgan fingerprint density at radius 2 is 1.88 bits per heavy atom. The van der Waals surface area contributed by atoms with Crippen molar-refractivity contribution >= 4 is 39.8 Å². The van der Waals surface area contributed by atoms with Crippen molar-refractivity contribution in [2.75, 3.05) is 11.3 Å². The Morgan fingerprint density at radius 1 is 1.19 bits per heavy atom. The molecule has 4 nitrogen and oxygen atoms in total. The third-order valence-electron chi connectivity index (χ3n) is 4.62. The molecule has 136 valence electrons. The molecule has 3 aromatic rings. The number of pyridine rings is 1. The standard InChI is InChI=1S/C20H21ClN2O2S/c1-12-9-14(15-11-19(21)22(3)20(24)16(15)10-12)13(2)23(25)17-7-5-6-8-18(17)26-4/h5-11,13,25H,1-4H3. The molecule has 0 aliphatic heterocycles. The van der Waals surface area contributed by atoms with E-state index in [1.807, 2.05) is 56.5 Å². The van der Waals surface area contributed by atoms with Gasteiger partial charge in [-0.05, 0) is 60.9 Å². The lowest BCUT2D eigenvalue weighted by Crippen LogP contribution is -2.24. The van der Waals surface area contributed by atoms with Gasteiger partial charge in [-0.1, -0.05) is 29.8 Å². The molecule has 1 heterocycles. The van der Waals surface area contributed by atoms with Crippen LogP contribution in [0.15, 0.2) is 52.2 Å². The third-order valence-corrected chi connectivity index (χ3v) is 5.77. The van der Waals surface area contributed by atoms with Crippen LogP contribution in [0.2, 0.25) is 5.15 Å². The van der Waals surface area contributed by atoms with Gasteiger partial charge in [0, 0.05) is 17.3 Å². The topological polar surface area (TPSA) is 45.5 Å². The van der Waals surface area contributed by atoms with Crippen LogP contribution in [0.25, 0.3) is 10.8 Å². The number of hydrogen-bond donors (Lipinski definition) is 1. The lowest BCUT2D eigenvalue weighted by molar-refractivity contribution is 0.222. The summed E-state index contributed by atoms with van der Waals surface area (Å²) < 4.78 is 1.43. The molecule has 1 atom stereocenters. The van der Waals surface area contributed by atoms with Crippen molar-refractivity contribution < 1.29 is 5.21 Å². The first-order valence-corrected chi connectivity index (χ1v) is 9.86. The number of aryl methyl sites for hydroxylation is 1. The van der Waals surface area contributed by atoms with Gasteiger partial charge in [0.1, 0.15) is 5.15 Å². The first-order chi connectivity index (χ1) is 12.3. The van der Waals surface area contributed by atoms with Gasteiger partial charge in [0.15, 0.2) is 0 Å². The second-order valence-corrected chi connectivity index (χ2v) is 7.57. The summed E-state index contributed by atoms with van der Waals surface area (Å²) in [5.41, 5.74) is 2.42. The number of hydrogen-bond acceptors (Lipinski definition) is 4. The van der Waals surface area contributed by atoms with Gasteiger partial charge in [0.05, 0.1) is 11.7 Å². The van der Waals surface area contributed by atoms with Crippen molar-refractivity contribution in [1.82, 2.24) is 4.57 Å². The number of anilines is 1. The molecule has 0 amide bonds. The molecular formula is C20H21ClN2O2S. The fourth-order valence-electron chi connectivity index (χ4n) is 3.16. The zero-order valence-corrected chi connectivity index (χ0v) is 16.7. The minimum absolute atomic E-state index is 0.140. The number of aromatic nitrogens is 1. The first kappa shape index (κ1) is 18.8. The quantitative estimate of drug-likeness (QED) is 0.380. The van der Waals surface area contributed by atoms with Crippen LogP contribution in [-0.2, 0) is 7.05 Å². The molecule has 0 radical (unpaired) electrons. The summed E-state index contributed by atoms with van der Waals surface area (Å²) in [7, 11) is 1.66. The van der Waals surface area contributed by atoms with E-state index in [1.54, 1.807) is 24.9 Å². The number of hydroxylamine groups is 1. The van der Waals surface area contributed by atoms with E-state index in [1.165, 1.54) is 9.63 Å². The van der Waals surface area contributed by atoms with Crippen molar-refractivity contribution in [3.8, 4) is 0 Å². The summed E-state index contributed by atoms with van der Waals surface area (Å²) in [5.74, 6) is 0. The van der Waals surface area contributed by atoms with Crippen molar-refractivity contribution in [3.63, 3.8) is 0 Å². The highest BCUT2D eigenvalue weighted by atomic mass is 35.5. The average Bonchev–Trinajstić information content (AvgIpc) is 2.65. The molecule has 26 heavy (non-hydrogen) atoms. The molecule has 1 aromatic heterocycles. The third kappa shape index (κ3) is 3.22. The number of para-hydroxylation sites is 1. The van der Waals surface area contributed by atoms with E-state index in [4.69, 9.17) is 11.6 Å². The van der Waals surface area contributed by atoms with Gasteiger partial charge in [0.25, 0.3) is 5.56 Å². The van der Waals surface area contributed by atoms with Gasteiger partial charge in [-0.15, -0.1) is 11.8 Å². The SMILES string of the molecule is CSc1ccccc1N(O)C(C)c1cc(C)cc2c(=O)n(C)c(Cl)cc12. The van der Waals surface area contributed by atoms with Gasteiger partial charge in [-0.2, -0.15) is 0 Å². The second kappa shape index (κ2) is 7.35. The fourth-order valence-corrected chi connectivity index (χ4v) is 3.93. The van der Waals surface area contributed by atoms with Crippen molar-refractivity contribution in [3.05, 3.63) is 69.1 Å².